The fourth-order valence-electron chi connectivity index (χ4n) is 5.56. The van der Waals surface area contributed by atoms with E-state index in [1.807, 2.05) is 0 Å². The second-order valence-corrected chi connectivity index (χ2v) is 11.0. The molecule has 38 heavy (non-hydrogen) atoms. The van der Waals surface area contributed by atoms with Crippen LogP contribution in [0.4, 0.5) is 18.9 Å². The minimum absolute atomic E-state index is 0.0407. The number of primary amides is 1. The predicted octanol–water partition coefficient (Wildman–Crippen LogP) is 2.61. The zero-order valence-corrected chi connectivity index (χ0v) is 21.3. The van der Waals surface area contributed by atoms with Gasteiger partial charge in [0, 0.05) is 19.0 Å². The minimum atomic E-state index is -4.84. The molecule has 2 aliphatic carbocycles. The topological polar surface area (TPSA) is 142 Å². The molecule has 1 atom stereocenters. The number of anilines is 1. The van der Waals surface area contributed by atoms with E-state index in [-0.39, 0.29) is 48.1 Å². The van der Waals surface area contributed by atoms with Gasteiger partial charge >= 0.3 is 6.18 Å². The Kier molecular flexibility index (Phi) is 7.61. The second kappa shape index (κ2) is 10.3. The van der Waals surface area contributed by atoms with Gasteiger partial charge in [-0.1, -0.05) is 13.8 Å². The molecule has 2 aromatic rings. The molecule has 1 saturated carbocycles. The number of aliphatic hydroxyl groups is 3. The number of ketones is 1. The zero-order valence-electron chi connectivity index (χ0n) is 21.3. The summed E-state index contributed by atoms with van der Waals surface area (Å²) in [7, 11) is 0. The van der Waals surface area contributed by atoms with Gasteiger partial charge in [0.1, 0.15) is 0 Å². The molecule has 1 heterocycles. The van der Waals surface area contributed by atoms with Gasteiger partial charge in [-0.3, -0.25) is 9.59 Å². The van der Waals surface area contributed by atoms with Crippen molar-refractivity contribution in [3.8, 4) is 5.69 Å². The van der Waals surface area contributed by atoms with Crippen molar-refractivity contribution in [2.24, 2.45) is 11.1 Å². The number of carbonyl (C=O) groups is 2. The summed E-state index contributed by atoms with van der Waals surface area (Å²) in [5.41, 5.74) is 4.06. The molecule has 5 N–H and O–H groups in total. The smallest absolute Gasteiger partial charge is 0.394 e. The van der Waals surface area contributed by atoms with Crippen molar-refractivity contribution in [2.45, 2.75) is 76.8 Å². The molecule has 9 nitrogen and oxygen atoms in total. The van der Waals surface area contributed by atoms with Gasteiger partial charge in [-0.25, -0.2) is 4.68 Å². The first-order valence-electron chi connectivity index (χ1n) is 12.6. The molecular formula is C26H33F3N4O5. The lowest BCUT2D eigenvalue weighted by Gasteiger charge is -2.39. The Morgan fingerprint density at radius 2 is 1.89 bits per heavy atom. The molecule has 0 bridgehead atoms. The van der Waals surface area contributed by atoms with Gasteiger partial charge in [0.25, 0.3) is 5.91 Å². The molecule has 208 valence electrons. The molecule has 0 radical (unpaired) electrons. The van der Waals surface area contributed by atoms with E-state index in [9.17, 15) is 38.1 Å². The van der Waals surface area contributed by atoms with E-state index >= 15 is 0 Å². The van der Waals surface area contributed by atoms with E-state index < -0.39 is 53.4 Å². The van der Waals surface area contributed by atoms with Gasteiger partial charge in [-0.2, -0.15) is 18.3 Å². The maximum atomic E-state index is 13.9. The quantitative estimate of drug-likeness (QED) is 0.425. The SMILES string of the molecule is CC1(C)CC(=O)c2c(C(F)(F)F)nn(-c3ccc(C(N)=O)c(N(CC(O)CO)C4CCC(O)CC4)c3)c2C1. The summed E-state index contributed by atoms with van der Waals surface area (Å²) in [4.78, 5) is 26.9. The number of aromatic nitrogens is 2. The Hall–Kier alpha value is -2.96. The number of nitrogens with two attached hydrogens (primary N) is 1. The van der Waals surface area contributed by atoms with Gasteiger partial charge in [-0.05, 0) is 55.7 Å². The fourth-order valence-corrected chi connectivity index (χ4v) is 5.56. The van der Waals surface area contributed by atoms with E-state index in [4.69, 9.17) is 5.73 Å². The highest BCUT2D eigenvalue weighted by Crippen LogP contribution is 2.42. The average Bonchev–Trinajstić information content (AvgIpc) is 3.22. The number of aliphatic hydroxyl groups excluding tert-OH is 3. The van der Waals surface area contributed by atoms with E-state index in [0.29, 0.717) is 25.7 Å². The van der Waals surface area contributed by atoms with Gasteiger partial charge in [0.2, 0.25) is 0 Å². The Labute approximate surface area is 218 Å². The highest BCUT2D eigenvalue weighted by molar-refractivity contribution is 6.01. The van der Waals surface area contributed by atoms with Crippen molar-refractivity contribution in [2.75, 3.05) is 18.1 Å². The molecule has 1 amide bonds. The molecule has 1 fully saturated rings. The average molecular weight is 539 g/mol. The Balaban J connectivity index is 1.89. The number of carbonyl (C=O) groups excluding carboxylic acids is 2. The molecule has 2 aliphatic rings. The molecule has 1 unspecified atom stereocenters. The maximum Gasteiger partial charge on any atom is 0.435 e. The number of benzene rings is 1. The Morgan fingerprint density at radius 1 is 1.24 bits per heavy atom. The second-order valence-electron chi connectivity index (χ2n) is 11.0. The van der Waals surface area contributed by atoms with Gasteiger partial charge in [0.15, 0.2) is 11.5 Å². The number of rotatable bonds is 7. The number of nitrogens with zero attached hydrogens (tertiary/aromatic N) is 3. The Bertz CT molecular complexity index is 1220. The van der Waals surface area contributed by atoms with Crippen LogP contribution in [0.3, 0.4) is 0 Å². The number of amides is 1. The van der Waals surface area contributed by atoms with Crippen LogP contribution in [-0.4, -0.2) is 68.2 Å². The van der Waals surface area contributed by atoms with E-state index in [1.165, 1.54) is 18.2 Å². The molecular weight excluding hydrogens is 505 g/mol. The Morgan fingerprint density at radius 3 is 2.47 bits per heavy atom. The first kappa shape index (κ1) is 28.1. The van der Waals surface area contributed by atoms with Crippen molar-refractivity contribution in [1.29, 1.82) is 0 Å². The third-order valence-electron chi connectivity index (χ3n) is 7.34. The monoisotopic (exact) mass is 538 g/mol. The van der Waals surface area contributed by atoms with Crippen LogP contribution in [-0.2, 0) is 12.6 Å². The summed E-state index contributed by atoms with van der Waals surface area (Å²) in [6, 6.07) is 4.06. The highest BCUT2D eigenvalue weighted by atomic mass is 19.4. The lowest BCUT2D eigenvalue weighted by Crippen LogP contribution is -2.45. The number of Topliss-reactive ketones (excluding diaryl/α,β-unsaturated/α-hetero) is 1. The third kappa shape index (κ3) is 5.57. The van der Waals surface area contributed by atoms with Crippen LogP contribution in [0.1, 0.15) is 78.1 Å². The molecule has 12 heteroatoms. The fraction of sp³-hybridized carbons (Fsp3) is 0.577. The number of hydrogen-bond donors (Lipinski definition) is 4. The predicted molar refractivity (Wildman–Crippen MR) is 132 cm³/mol. The summed E-state index contributed by atoms with van der Waals surface area (Å²) in [6.07, 6.45) is -4.32. The standard InChI is InChI=1S/C26H33F3N4O5/c1-25(2)10-20-22(21(37)11-25)23(26(27,28)29)31-33(20)15-5-8-18(24(30)38)19(9-15)32(12-17(36)13-34)14-3-6-16(35)7-4-14/h5,8-9,14,16-17,34-36H,3-4,6-7,10-13H2,1-2H3,(H2,30,38). The first-order chi connectivity index (χ1) is 17.7. The molecule has 4 rings (SSSR count). The van der Waals surface area contributed by atoms with Crippen LogP contribution >= 0.6 is 0 Å². The normalized spacial score (nSPS) is 22.2. The number of fused-ring (bicyclic) bond motifs is 1. The lowest BCUT2D eigenvalue weighted by atomic mass is 9.75. The van der Waals surface area contributed by atoms with Crippen LogP contribution < -0.4 is 10.6 Å². The van der Waals surface area contributed by atoms with E-state index in [0.717, 1.165) is 4.68 Å². The van der Waals surface area contributed by atoms with Crippen LogP contribution in [0, 0.1) is 5.41 Å². The van der Waals surface area contributed by atoms with E-state index in [1.54, 1.807) is 18.7 Å². The minimum Gasteiger partial charge on any atom is -0.394 e. The molecule has 1 aromatic heterocycles. The number of alkyl halides is 3. The summed E-state index contributed by atoms with van der Waals surface area (Å²) in [6.45, 7) is 2.99. The maximum absolute atomic E-state index is 13.9. The van der Waals surface area contributed by atoms with E-state index in [2.05, 4.69) is 5.10 Å². The van der Waals surface area contributed by atoms with Gasteiger partial charge < -0.3 is 26.0 Å². The third-order valence-corrected chi connectivity index (χ3v) is 7.34. The highest BCUT2D eigenvalue weighted by Gasteiger charge is 2.45. The molecule has 1 aromatic carbocycles. The molecule has 0 aliphatic heterocycles. The summed E-state index contributed by atoms with van der Waals surface area (Å²) >= 11 is 0. The summed E-state index contributed by atoms with van der Waals surface area (Å²) < 4.78 is 42.9. The summed E-state index contributed by atoms with van der Waals surface area (Å²) in [5.74, 6) is -1.40. The molecule has 0 saturated heterocycles. The van der Waals surface area contributed by atoms with Crippen molar-refractivity contribution in [1.82, 2.24) is 9.78 Å². The van der Waals surface area contributed by atoms with Gasteiger partial charge in [0.05, 0.1) is 47.0 Å². The van der Waals surface area contributed by atoms with Crippen LogP contribution in [0.2, 0.25) is 0 Å². The number of halogens is 3. The molecule has 0 spiro atoms. The van der Waals surface area contributed by atoms with Crippen LogP contribution in [0.15, 0.2) is 18.2 Å². The first-order valence-corrected chi connectivity index (χ1v) is 12.6. The lowest BCUT2D eigenvalue weighted by molar-refractivity contribution is -0.141. The summed E-state index contributed by atoms with van der Waals surface area (Å²) in [5, 5.41) is 33.6. The van der Waals surface area contributed by atoms with Crippen LogP contribution in [0.25, 0.3) is 5.69 Å². The van der Waals surface area contributed by atoms with Crippen LogP contribution in [0.5, 0.6) is 0 Å². The van der Waals surface area contributed by atoms with Crippen molar-refractivity contribution >= 4 is 17.4 Å². The zero-order chi connectivity index (χ0) is 28.0. The largest absolute Gasteiger partial charge is 0.435 e. The van der Waals surface area contributed by atoms with Crippen molar-refractivity contribution in [3.05, 3.63) is 40.7 Å². The van der Waals surface area contributed by atoms with Crippen molar-refractivity contribution < 1.29 is 38.1 Å². The van der Waals surface area contributed by atoms with Crippen molar-refractivity contribution in [3.63, 3.8) is 0 Å². The van der Waals surface area contributed by atoms with Gasteiger partial charge in [-0.15, -0.1) is 0 Å². The number of hydrogen-bond acceptors (Lipinski definition) is 7.